The summed E-state index contributed by atoms with van der Waals surface area (Å²) < 4.78 is 38.8. The normalized spacial score (nSPS) is 11.8. The number of fused-ring (bicyclic) bond motifs is 4. The van der Waals surface area contributed by atoms with Gasteiger partial charge >= 0.3 is 0 Å². The van der Waals surface area contributed by atoms with Crippen LogP contribution in [0.2, 0.25) is 0 Å². The van der Waals surface area contributed by atoms with Crippen molar-refractivity contribution in [3.05, 3.63) is 133 Å². The SMILES string of the molecule is CSc1nccc(-n2c(-c3ccc4occc4c3)nc3ccc(C)cc32)n1.Cc1ccc2nc(-c3ccc4occc4c3)n(-c3ccnc(S(C)(=O)=O)n3)c2c1. The summed E-state index contributed by atoms with van der Waals surface area (Å²) in [7, 11) is -3.54. The van der Waals surface area contributed by atoms with E-state index in [0.29, 0.717) is 11.6 Å². The van der Waals surface area contributed by atoms with Crippen LogP contribution in [-0.4, -0.2) is 60.0 Å². The number of nitrogens with zero attached hydrogens (tertiary/aromatic N) is 8. The highest BCUT2D eigenvalue weighted by Crippen LogP contribution is 2.33. The van der Waals surface area contributed by atoms with Gasteiger partial charge in [0.05, 0.1) is 34.6 Å². The van der Waals surface area contributed by atoms with Crippen LogP contribution in [0.15, 0.2) is 141 Å². The summed E-state index contributed by atoms with van der Waals surface area (Å²) in [5.74, 6) is 2.76. The molecule has 0 bridgehead atoms. The number of imidazole rings is 2. The molecule has 0 N–H and O–H groups in total. The van der Waals surface area contributed by atoms with Gasteiger partial charge in [-0.1, -0.05) is 23.9 Å². The highest BCUT2D eigenvalue weighted by Gasteiger charge is 2.20. The van der Waals surface area contributed by atoms with Crippen molar-refractivity contribution in [3.63, 3.8) is 0 Å². The lowest BCUT2D eigenvalue weighted by Crippen LogP contribution is -2.08. The number of aromatic nitrogens is 8. The fraction of sp³-hybridized carbons (Fsp3) is 0.0952. The van der Waals surface area contributed by atoms with Crippen molar-refractivity contribution in [3.8, 4) is 34.4 Å². The zero-order chi connectivity index (χ0) is 38.6. The average Bonchev–Trinajstić information content (AvgIpc) is 4.02. The van der Waals surface area contributed by atoms with Gasteiger partial charge < -0.3 is 8.83 Å². The first-order chi connectivity index (χ1) is 27.1. The van der Waals surface area contributed by atoms with Crippen molar-refractivity contribution >= 4 is 65.6 Å². The number of thioether (sulfide) groups is 1. The van der Waals surface area contributed by atoms with Gasteiger partial charge in [0, 0.05) is 40.5 Å². The van der Waals surface area contributed by atoms with E-state index < -0.39 is 9.84 Å². The van der Waals surface area contributed by atoms with Gasteiger partial charge in [-0.25, -0.2) is 38.3 Å². The molecule has 0 saturated carbocycles. The Hall–Kier alpha value is -6.64. The summed E-state index contributed by atoms with van der Waals surface area (Å²) in [4.78, 5) is 27.0. The molecule has 12 nitrogen and oxygen atoms in total. The highest BCUT2D eigenvalue weighted by molar-refractivity contribution is 7.98. The minimum atomic E-state index is -3.54. The summed E-state index contributed by atoms with van der Waals surface area (Å²) in [5, 5.41) is 2.52. The maximum atomic E-state index is 12.0. The van der Waals surface area contributed by atoms with Crippen LogP contribution in [0.4, 0.5) is 0 Å². The standard InChI is InChI=1S/C21H16N4O3S.C21H16N4OS/c1-13-3-5-16-17(11-13)25(19-7-9-22-21(24-19)29(2,26)27)20(23-16)15-4-6-18-14(12-15)8-10-28-18;1-13-3-5-16-17(11-13)25(19-7-9-22-21(24-19)27-2)20(23-16)15-4-6-18-14(12-15)8-10-26-18/h3-12H,1-2H3;3-12H,1-2H3. The van der Waals surface area contributed by atoms with E-state index in [0.717, 1.165) is 83.8 Å². The zero-order valence-electron chi connectivity index (χ0n) is 30.6. The molecule has 6 heterocycles. The third-order valence-corrected chi connectivity index (χ3v) is 10.7. The predicted octanol–water partition coefficient (Wildman–Crippen LogP) is 9.20. The molecular weight excluding hydrogens is 745 g/mol. The lowest BCUT2D eigenvalue weighted by Gasteiger charge is -2.10. The second-order valence-corrected chi connectivity index (χ2v) is 15.9. The molecular formula is C42H32N8O4S2. The first kappa shape index (κ1) is 35.1. The van der Waals surface area contributed by atoms with Crippen LogP contribution in [-0.2, 0) is 9.84 Å². The van der Waals surface area contributed by atoms with Gasteiger partial charge in [-0.3, -0.25) is 9.13 Å². The number of hydrogen-bond donors (Lipinski definition) is 0. The van der Waals surface area contributed by atoms with Gasteiger partial charge in [0.25, 0.3) is 0 Å². The second kappa shape index (κ2) is 13.9. The van der Waals surface area contributed by atoms with Crippen LogP contribution in [0.5, 0.6) is 0 Å². The predicted molar refractivity (Wildman–Crippen MR) is 218 cm³/mol. The Morgan fingerprint density at radius 1 is 0.589 bits per heavy atom. The molecule has 0 aliphatic heterocycles. The van der Waals surface area contributed by atoms with E-state index in [1.807, 2.05) is 84.5 Å². The van der Waals surface area contributed by atoms with Gasteiger partial charge in [0.15, 0.2) is 5.16 Å². The van der Waals surface area contributed by atoms with Gasteiger partial charge in [-0.2, -0.15) is 0 Å². The van der Waals surface area contributed by atoms with Crippen molar-refractivity contribution in [2.45, 2.75) is 24.2 Å². The number of furan rings is 2. The first-order valence-corrected chi connectivity index (χ1v) is 20.6. The van der Waals surface area contributed by atoms with Gasteiger partial charge in [-0.05, 0) is 116 Å². The minimum Gasteiger partial charge on any atom is -0.464 e. The monoisotopic (exact) mass is 776 g/mol. The van der Waals surface area contributed by atoms with E-state index in [1.54, 1.807) is 24.8 Å². The number of sulfone groups is 1. The number of aryl methyl sites for hydroxylation is 2. The lowest BCUT2D eigenvalue weighted by molar-refractivity contribution is 0.592. The molecule has 0 atom stereocenters. The van der Waals surface area contributed by atoms with E-state index in [2.05, 4.69) is 50.7 Å². The Kier molecular flexibility index (Phi) is 8.70. The van der Waals surface area contributed by atoms with E-state index in [9.17, 15) is 8.42 Å². The van der Waals surface area contributed by atoms with Crippen molar-refractivity contribution in [2.24, 2.45) is 0 Å². The van der Waals surface area contributed by atoms with Crippen LogP contribution in [0.3, 0.4) is 0 Å². The second-order valence-electron chi connectivity index (χ2n) is 13.2. The van der Waals surface area contributed by atoms with E-state index in [1.165, 1.54) is 23.5 Å². The van der Waals surface area contributed by atoms with E-state index >= 15 is 0 Å². The zero-order valence-corrected chi connectivity index (χ0v) is 32.2. The maximum Gasteiger partial charge on any atom is 0.248 e. The third kappa shape index (κ3) is 6.48. The fourth-order valence-corrected chi connectivity index (χ4v) is 7.49. The van der Waals surface area contributed by atoms with Crippen LogP contribution in [0, 0.1) is 13.8 Å². The molecule has 10 aromatic rings. The van der Waals surface area contributed by atoms with Crippen molar-refractivity contribution in [1.29, 1.82) is 0 Å². The van der Waals surface area contributed by atoms with E-state index in [4.69, 9.17) is 23.8 Å². The molecule has 4 aromatic carbocycles. The molecule has 0 saturated heterocycles. The number of rotatable bonds is 6. The summed E-state index contributed by atoms with van der Waals surface area (Å²) in [6, 6.07) is 31.6. The molecule has 10 rings (SSSR count). The minimum absolute atomic E-state index is 0.222. The van der Waals surface area contributed by atoms with Crippen molar-refractivity contribution in [1.82, 2.24) is 39.0 Å². The van der Waals surface area contributed by atoms with Crippen LogP contribution in [0.1, 0.15) is 11.1 Å². The van der Waals surface area contributed by atoms with Gasteiger partial charge in [0.2, 0.25) is 15.0 Å². The molecule has 276 valence electrons. The Labute approximate surface area is 324 Å². The molecule has 0 unspecified atom stereocenters. The summed E-state index contributed by atoms with van der Waals surface area (Å²) in [6.07, 6.45) is 9.65. The van der Waals surface area contributed by atoms with Crippen molar-refractivity contribution < 1.29 is 17.3 Å². The Balaban J connectivity index is 0.000000147. The Morgan fingerprint density at radius 2 is 1.11 bits per heavy atom. The van der Waals surface area contributed by atoms with E-state index in [-0.39, 0.29) is 5.16 Å². The first-order valence-electron chi connectivity index (χ1n) is 17.5. The van der Waals surface area contributed by atoms with Crippen LogP contribution < -0.4 is 0 Å². The molecule has 14 heteroatoms. The van der Waals surface area contributed by atoms with Gasteiger partial charge in [0.1, 0.15) is 34.5 Å². The lowest BCUT2D eigenvalue weighted by atomic mass is 10.1. The molecule has 6 aromatic heterocycles. The summed E-state index contributed by atoms with van der Waals surface area (Å²) >= 11 is 1.53. The molecule has 56 heavy (non-hydrogen) atoms. The third-order valence-electron chi connectivity index (χ3n) is 9.25. The summed E-state index contributed by atoms with van der Waals surface area (Å²) in [5.41, 5.74) is 9.37. The van der Waals surface area contributed by atoms with Crippen LogP contribution in [0.25, 0.3) is 78.4 Å². The average molecular weight is 777 g/mol. The molecule has 0 fully saturated rings. The summed E-state index contributed by atoms with van der Waals surface area (Å²) in [6.45, 7) is 4.08. The largest absolute Gasteiger partial charge is 0.464 e. The Bertz CT molecular complexity index is 3220. The fourth-order valence-electron chi connectivity index (χ4n) is 6.62. The van der Waals surface area contributed by atoms with Crippen molar-refractivity contribution in [2.75, 3.05) is 12.5 Å². The molecule has 0 spiro atoms. The molecule has 0 aliphatic carbocycles. The Morgan fingerprint density at radius 3 is 1.62 bits per heavy atom. The maximum absolute atomic E-state index is 12.0. The van der Waals surface area contributed by atoms with Gasteiger partial charge in [-0.15, -0.1) is 0 Å². The molecule has 0 radical (unpaired) electrons. The van der Waals surface area contributed by atoms with Crippen LogP contribution >= 0.6 is 11.8 Å². The topological polar surface area (TPSA) is 148 Å². The number of hydrogen-bond acceptors (Lipinski definition) is 11. The quantitative estimate of drug-likeness (QED) is 0.118. The molecule has 0 amide bonds. The number of benzene rings is 4. The smallest absolute Gasteiger partial charge is 0.248 e. The highest BCUT2D eigenvalue weighted by atomic mass is 32.2. The molecule has 0 aliphatic rings.